The molecule has 1 atom stereocenters. The molecular formula is C12H17BrN2O. The molecule has 88 valence electrons. The zero-order chi connectivity index (χ0) is 12.2. The highest BCUT2D eigenvalue weighted by molar-refractivity contribution is 9.09. The Balaban J connectivity index is 2.80. The molecular weight excluding hydrogens is 268 g/mol. The molecule has 0 aliphatic carbocycles. The zero-order valence-electron chi connectivity index (χ0n) is 9.88. The van der Waals surface area contributed by atoms with Crippen molar-refractivity contribution in [3.63, 3.8) is 0 Å². The Morgan fingerprint density at radius 1 is 1.56 bits per heavy atom. The van der Waals surface area contributed by atoms with Crippen molar-refractivity contribution in [2.24, 2.45) is 0 Å². The van der Waals surface area contributed by atoms with Gasteiger partial charge in [0.25, 0.3) is 5.91 Å². The highest BCUT2D eigenvalue weighted by Gasteiger charge is 2.23. The molecule has 0 radical (unpaired) electrons. The second-order valence-corrected chi connectivity index (χ2v) is 4.81. The largest absolute Gasteiger partial charge is 0.346 e. The molecule has 1 rings (SSSR count). The van der Waals surface area contributed by atoms with Gasteiger partial charge in [-0.05, 0) is 31.9 Å². The van der Waals surface area contributed by atoms with Crippen LogP contribution in [0.2, 0.25) is 0 Å². The molecule has 0 spiro atoms. The summed E-state index contributed by atoms with van der Waals surface area (Å²) in [6.45, 7) is 5.99. The zero-order valence-corrected chi connectivity index (χ0v) is 11.5. The summed E-state index contributed by atoms with van der Waals surface area (Å²) in [7, 11) is 0. The predicted molar refractivity (Wildman–Crippen MR) is 68.9 cm³/mol. The minimum Gasteiger partial charge on any atom is -0.346 e. The molecule has 4 heteroatoms. The van der Waals surface area contributed by atoms with E-state index in [1.54, 1.807) is 12.4 Å². The van der Waals surface area contributed by atoms with Gasteiger partial charge in [-0.25, -0.2) is 0 Å². The van der Waals surface area contributed by atoms with E-state index in [4.69, 9.17) is 0 Å². The fraction of sp³-hybridized carbons (Fsp3) is 0.500. The third-order valence-corrected chi connectivity index (χ3v) is 3.87. The molecule has 0 bridgehead atoms. The number of hydrogen-bond donors (Lipinski definition) is 1. The van der Waals surface area contributed by atoms with Crippen LogP contribution in [0, 0.1) is 6.92 Å². The van der Waals surface area contributed by atoms with Crippen LogP contribution in [0.4, 0.5) is 0 Å². The summed E-state index contributed by atoms with van der Waals surface area (Å²) in [5.74, 6) is -0.0694. The standard InChI is InChI=1S/C12H17BrN2O/c1-4-12(3,8-13)15-11(16)10-5-9(2)6-14-7-10/h5-7H,4,8H2,1-3H3,(H,15,16). The van der Waals surface area contributed by atoms with Gasteiger partial charge >= 0.3 is 0 Å². The molecule has 16 heavy (non-hydrogen) atoms. The van der Waals surface area contributed by atoms with Crippen molar-refractivity contribution in [3.8, 4) is 0 Å². The first-order valence-corrected chi connectivity index (χ1v) is 6.43. The molecule has 1 aromatic rings. The van der Waals surface area contributed by atoms with Gasteiger partial charge < -0.3 is 5.32 Å². The van der Waals surface area contributed by atoms with Crippen molar-refractivity contribution in [1.82, 2.24) is 10.3 Å². The maximum atomic E-state index is 12.0. The van der Waals surface area contributed by atoms with Crippen LogP contribution in [-0.2, 0) is 0 Å². The summed E-state index contributed by atoms with van der Waals surface area (Å²) in [5.41, 5.74) is 1.39. The number of hydrogen-bond acceptors (Lipinski definition) is 2. The number of nitrogens with zero attached hydrogens (tertiary/aromatic N) is 1. The van der Waals surface area contributed by atoms with E-state index in [1.807, 2.05) is 19.9 Å². The lowest BCUT2D eigenvalue weighted by atomic mass is 10.0. The second-order valence-electron chi connectivity index (χ2n) is 4.25. The second kappa shape index (κ2) is 5.43. The average Bonchev–Trinajstić information content (AvgIpc) is 2.29. The number of halogens is 1. The van der Waals surface area contributed by atoms with Crippen molar-refractivity contribution in [2.75, 3.05) is 5.33 Å². The Morgan fingerprint density at radius 3 is 2.75 bits per heavy atom. The number of aromatic nitrogens is 1. The lowest BCUT2D eigenvalue weighted by Crippen LogP contribution is -2.47. The van der Waals surface area contributed by atoms with Crippen LogP contribution in [0.5, 0.6) is 0 Å². The van der Waals surface area contributed by atoms with E-state index < -0.39 is 0 Å². The number of nitrogens with one attached hydrogen (secondary N) is 1. The van der Waals surface area contributed by atoms with E-state index in [0.717, 1.165) is 17.3 Å². The highest BCUT2D eigenvalue weighted by atomic mass is 79.9. The van der Waals surface area contributed by atoms with Crippen molar-refractivity contribution >= 4 is 21.8 Å². The number of alkyl halides is 1. The fourth-order valence-corrected chi connectivity index (χ4v) is 1.78. The third kappa shape index (κ3) is 3.30. The Bertz CT molecular complexity index is 375. The van der Waals surface area contributed by atoms with Crippen LogP contribution in [0.25, 0.3) is 0 Å². The molecule has 1 aromatic heterocycles. The van der Waals surface area contributed by atoms with Crippen LogP contribution in [0.1, 0.15) is 36.2 Å². The van der Waals surface area contributed by atoms with Gasteiger partial charge in [0.2, 0.25) is 0 Å². The number of amides is 1. The van der Waals surface area contributed by atoms with Crippen LogP contribution in [-0.4, -0.2) is 21.8 Å². The van der Waals surface area contributed by atoms with Gasteiger partial charge in [0, 0.05) is 23.3 Å². The smallest absolute Gasteiger partial charge is 0.253 e. The molecule has 1 heterocycles. The van der Waals surface area contributed by atoms with Gasteiger partial charge in [0.15, 0.2) is 0 Å². The third-order valence-electron chi connectivity index (χ3n) is 2.63. The van der Waals surface area contributed by atoms with Gasteiger partial charge in [-0.3, -0.25) is 9.78 Å². The van der Waals surface area contributed by atoms with Crippen molar-refractivity contribution in [2.45, 2.75) is 32.7 Å². The van der Waals surface area contributed by atoms with Crippen LogP contribution in [0.3, 0.4) is 0 Å². The van der Waals surface area contributed by atoms with Crippen molar-refractivity contribution in [1.29, 1.82) is 0 Å². The van der Waals surface area contributed by atoms with E-state index in [1.165, 1.54) is 0 Å². The molecule has 0 aromatic carbocycles. The summed E-state index contributed by atoms with van der Waals surface area (Å²) in [6.07, 6.45) is 4.20. The highest BCUT2D eigenvalue weighted by Crippen LogP contribution is 2.13. The number of pyridine rings is 1. The monoisotopic (exact) mass is 284 g/mol. The summed E-state index contributed by atoms with van der Waals surface area (Å²) in [6, 6.07) is 1.84. The molecule has 0 aliphatic heterocycles. The first kappa shape index (κ1) is 13.2. The van der Waals surface area contributed by atoms with E-state index in [0.29, 0.717) is 5.56 Å². The Kier molecular flexibility index (Phi) is 4.47. The maximum absolute atomic E-state index is 12.0. The minimum atomic E-state index is -0.208. The lowest BCUT2D eigenvalue weighted by Gasteiger charge is -2.27. The first-order valence-electron chi connectivity index (χ1n) is 5.31. The average molecular weight is 285 g/mol. The Morgan fingerprint density at radius 2 is 2.25 bits per heavy atom. The summed E-state index contributed by atoms with van der Waals surface area (Å²) in [5, 5.41) is 3.75. The topological polar surface area (TPSA) is 42.0 Å². The first-order chi connectivity index (χ1) is 7.50. The molecule has 1 amide bonds. The van der Waals surface area contributed by atoms with Gasteiger partial charge in [-0.1, -0.05) is 22.9 Å². The number of aryl methyl sites for hydroxylation is 1. The van der Waals surface area contributed by atoms with Crippen molar-refractivity contribution in [3.05, 3.63) is 29.6 Å². The van der Waals surface area contributed by atoms with E-state index in [9.17, 15) is 4.79 Å². The quantitative estimate of drug-likeness (QED) is 0.864. The van der Waals surface area contributed by atoms with E-state index in [-0.39, 0.29) is 11.4 Å². The van der Waals surface area contributed by atoms with Gasteiger partial charge in [0.05, 0.1) is 5.56 Å². The van der Waals surface area contributed by atoms with Crippen LogP contribution >= 0.6 is 15.9 Å². The van der Waals surface area contributed by atoms with E-state index >= 15 is 0 Å². The number of carbonyl (C=O) groups is 1. The molecule has 0 saturated heterocycles. The molecule has 0 saturated carbocycles. The maximum Gasteiger partial charge on any atom is 0.253 e. The Labute approximate surface area is 105 Å². The normalized spacial score (nSPS) is 14.2. The van der Waals surface area contributed by atoms with Crippen LogP contribution in [0.15, 0.2) is 18.5 Å². The van der Waals surface area contributed by atoms with Gasteiger partial charge in [-0.15, -0.1) is 0 Å². The molecule has 0 fully saturated rings. The van der Waals surface area contributed by atoms with Crippen LogP contribution < -0.4 is 5.32 Å². The number of carbonyl (C=O) groups excluding carboxylic acids is 1. The van der Waals surface area contributed by atoms with E-state index in [2.05, 4.69) is 33.2 Å². The summed E-state index contributed by atoms with van der Waals surface area (Å²) < 4.78 is 0. The fourth-order valence-electron chi connectivity index (χ4n) is 1.24. The van der Waals surface area contributed by atoms with Gasteiger partial charge in [0.1, 0.15) is 0 Å². The molecule has 3 nitrogen and oxygen atoms in total. The summed E-state index contributed by atoms with van der Waals surface area (Å²) in [4.78, 5) is 16.0. The lowest BCUT2D eigenvalue weighted by molar-refractivity contribution is 0.0913. The Hall–Kier alpha value is -0.900. The van der Waals surface area contributed by atoms with Gasteiger partial charge in [-0.2, -0.15) is 0 Å². The predicted octanol–water partition coefficient (Wildman–Crippen LogP) is 2.68. The minimum absolute atomic E-state index is 0.0694. The van der Waals surface area contributed by atoms with Crippen molar-refractivity contribution < 1.29 is 4.79 Å². The summed E-state index contributed by atoms with van der Waals surface area (Å²) >= 11 is 3.42. The molecule has 1 N–H and O–H groups in total. The molecule has 0 aliphatic rings. The number of rotatable bonds is 4. The SMILES string of the molecule is CCC(C)(CBr)NC(=O)c1cncc(C)c1. The molecule has 1 unspecified atom stereocenters.